The summed E-state index contributed by atoms with van der Waals surface area (Å²) < 4.78 is 0. The third-order valence-electron chi connectivity index (χ3n) is 2.14. The number of aromatic amines is 1. The van der Waals surface area contributed by atoms with Crippen molar-refractivity contribution in [2.45, 2.75) is 13.5 Å². The van der Waals surface area contributed by atoms with Crippen molar-refractivity contribution in [2.24, 2.45) is 0 Å². The summed E-state index contributed by atoms with van der Waals surface area (Å²) in [4.78, 5) is 8.24. The fourth-order valence-electron chi connectivity index (χ4n) is 1.45. The van der Waals surface area contributed by atoms with Crippen LogP contribution in [0.4, 0.5) is 0 Å². The summed E-state index contributed by atoms with van der Waals surface area (Å²) in [7, 11) is 0. The highest BCUT2D eigenvalue weighted by molar-refractivity contribution is 5.79. The van der Waals surface area contributed by atoms with E-state index in [1.54, 1.807) is 0 Å². The van der Waals surface area contributed by atoms with E-state index in [-0.39, 0.29) is 0 Å². The van der Waals surface area contributed by atoms with E-state index in [1.807, 2.05) is 13.1 Å². The van der Waals surface area contributed by atoms with E-state index >= 15 is 0 Å². The van der Waals surface area contributed by atoms with E-state index in [2.05, 4.69) is 34.7 Å². The monoisotopic (exact) mass is 190 g/mol. The molecule has 2 aromatic rings. The first-order chi connectivity index (χ1) is 6.90. The van der Waals surface area contributed by atoms with Crippen LogP contribution in [0.15, 0.2) is 30.5 Å². The highest BCUT2D eigenvalue weighted by Gasteiger charge is 1.96. The van der Waals surface area contributed by atoms with Crippen molar-refractivity contribution in [1.82, 2.24) is 10.5 Å². The van der Waals surface area contributed by atoms with Crippen molar-refractivity contribution in [3.8, 4) is 0 Å². The zero-order chi connectivity index (χ0) is 9.80. The smallest absolute Gasteiger partial charge is 0.0654 e. The first kappa shape index (κ1) is 9.24. The lowest BCUT2D eigenvalue weighted by Gasteiger charge is -2.03. The van der Waals surface area contributed by atoms with Crippen LogP contribution in [0.2, 0.25) is 0 Å². The van der Waals surface area contributed by atoms with Crippen molar-refractivity contribution in [2.75, 3.05) is 6.61 Å². The third-order valence-corrected chi connectivity index (χ3v) is 2.14. The summed E-state index contributed by atoms with van der Waals surface area (Å²) in [5, 5.41) is 1.24. The molecule has 0 radical (unpaired) electrons. The molecular formula is C11H14N2O. The first-order valence-corrected chi connectivity index (χ1v) is 4.81. The van der Waals surface area contributed by atoms with Crippen LogP contribution in [-0.4, -0.2) is 11.6 Å². The number of hydrogen-bond donors (Lipinski definition) is 2. The maximum atomic E-state index is 5.07. The second-order valence-corrected chi connectivity index (χ2v) is 3.15. The Morgan fingerprint density at radius 3 is 3.14 bits per heavy atom. The van der Waals surface area contributed by atoms with Gasteiger partial charge in [0.1, 0.15) is 0 Å². The van der Waals surface area contributed by atoms with Crippen LogP contribution in [0.25, 0.3) is 10.9 Å². The molecule has 1 heterocycles. The van der Waals surface area contributed by atoms with Crippen molar-refractivity contribution < 1.29 is 4.84 Å². The zero-order valence-corrected chi connectivity index (χ0v) is 8.21. The highest BCUT2D eigenvalue weighted by atomic mass is 16.6. The number of H-pyrrole nitrogens is 1. The molecule has 0 bridgehead atoms. The molecule has 0 atom stereocenters. The fraction of sp³-hybridized carbons (Fsp3) is 0.273. The number of hydrogen-bond acceptors (Lipinski definition) is 2. The Morgan fingerprint density at radius 1 is 1.36 bits per heavy atom. The molecule has 0 amide bonds. The van der Waals surface area contributed by atoms with Gasteiger partial charge >= 0.3 is 0 Å². The van der Waals surface area contributed by atoms with Crippen LogP contribution in [0, 0.1) is 0 Å². The van der Waals surface area contributed by atoms with Crippen molar-refractivity contribution in [1.29, 1.82) is 0 Å². The Kier molecular flexibility index (Phi) is 2.81. The quantitative estimate of drug-likeness (QED) is 0.573. The number of benzene rings is 1. The Morgan fingerprint density at radius 2 is 2.29 bits per heavy atom. The number of rotatable bonds is 4. The second kappa shape index (κ2) is 4.26. The van der Waals surface area contributed by atoms with Gasteiger partial charge in [-0.15, -0.1) is 0 Å². The molecule has 1 aromatic heterocycles. The normalized spacial score (nSPS) is 10.9. The van der Waals surface area contributed by atoms with Crippen molar-refractivity contribution in [3.05, 3.63) is 36.0 Å². The van der Waals surface area contributed by atoms with Crippen molar-refractivity contribution in [3.63, 3.8) is 0 Å². The van der Waals surface area contributed by atoms with Crippen LogP contribution in [-0.2, 0) is 11.4 Å². The Balaban J connectivity index is 2.10. The van der Waals surface area contributed by atoms with E-state index in [0.29, 0.717) is 6.61 Å². The predicted molar refractivity (Wildman–Crippen MR) is 56.8 cm³/mol. The lowest BCUT2D eigenvalue weighted by Crippen LogP contribution is -2.13. The second-order valence-electron chi connectivity index (χ2n) is 3.15. The van der Waals surface area contributed by atoms with Gasteiger partial charge in [0.05, 0.1) is 6.61 Å². The van der Waals surface area contributed by atoms with Gasteiger partial charge in [0.2, 0.25) is 0 Å². The summed E-state index contributed by atoms with van der Waals surface area (Å²) in [6.07, 6.45) is 1.95. The number of nitrogens with one attached hydrogen (secondary N) is 2. The molecule has 0 saturated carbocycles. The van der Waals surface area contributed by atoms with Crippen LogP contribution < -0.4 is 5.48 Å². The SMILES string of the molecule is CCONCc1ccc2[nH]ccc2c1. The molecule has 0 aliphatic rings. The average molecular weight is 190 g/mol. The van der Waals surface area contributed by atoms with Gasteiger partial charge in [0.25, 0.3) is 0 Å². The molecule has 1 aromatic carbocycles. The van der Waals surface area contributed by atoms with Crippen LogP contribution in [0.1, 0.15) is 12.5 Å². The Labute approximate surface area is 83.0 Å². The molecule has 0 spiro atoms. The topological polar surface area (TPSA) is 37.0 Å². The molecule has 3 heteroatoms. The number of hydroxylamine groups is 1. The summed E-state index contributed by atoms with van der Waals surface area (Å²) >= 11 is 0. The molecule has 3 nitrogen and oxygen atoms in total. The van der Waals surface area contributed by atoms with E-state index in [1.165, 1.54) is 16.5 Å². The van der Waals surface area contributed by atoms with E-state index in [0.717, 1.165) is 6.54 Å². The molecule has 2 N–H and O–H groups in total. The molecule has 14 heavy (non-hydrogen) atoms. The minimum absolute atomic E-state index is 0.687. The highest BCUT2D eigenvalue weighted by Crippen LogP contribution is 2.13. The largest absolute Gasteiger partial charge is 0.361 e. The molecule has 0 fully saturated rings. The van der Waals surface area contributed by atoms with Crippen LogP contribution in [0.5, 0.6) is 0 Å². The standard InChI is InChI=1S/C11H14N2O/c1-2-14-13-8-9-3-4-11-10(7-9)5-6-12-11/h3-7,12-13H,2,8H2,1H3. The molecule has 0 saturated heterocycles. The Hall–Kier alpha value is -1.32. The lowest BCUT2D eigenvalue weighted by atomic mass is 10.1. The van der Waals surface area contributed by atoms with Gasteiger partial charge in [0, 0.05) is 18.3 Å². The van der Waals surface area contributed by atoms with Gasteiger partial charge in [-0.25, -0.2) is 0 Å². The number of aromatic nitrogens is 1. The van der Waals surface area contributed by atoms with Gasteiger partial charge in [-0.05, 0) is 36.1 Å². The predicted octanol–water partition coefficient (Wildman–Crippen LogP) is 2.21. The molecule has 0 aliphatic heterocycles. The average Bonchev–Trinajstić information content (AvgIpc) is 2.65. The third kappa shape index (κ3) is 1.95. The summed E-state index contributed by atoms with van der Waals surface area (Å²) in [6, 6.07) is 8.39. The molecule has 0 unspecified atom stereocenters. The zero-order valence-electron chi connectivity index (χ0n) is 8.21. The molecule has 74 valence electrons. The minimum Gasteiger partial charge on any atom is -0.361 e. The van der Waals surface area contributed by atoms with Crippen LogP contribution in [0.3, 0.4) is 0 Å². The Bertz CT molecular complexity index is 408. The molecule has 0 aliphatic carbocycles. The fourth-order valence-corrected chi connectivity index (χ4v) is 1.45. The van der Waals surface area contributed by atoms with Crippen molar-refractivity contribution >= 4 is 10.9 Å². The van der Waals surface area contributed by atoms with Crippen LogP contribution >= 0.6 is 0 Å². The maximum Gasteiger partial charge on any atom is 0.0654 e. The maximum absolute atomic E-state index is 5.07. The summed E-state index contributed by atoms with van der Waals surface area (Å²) in [5.74, 6) is 0. The van der Waals surface area contributed by atoms with Gasteiger partial charge in [-0.2, -0.15) is 5.48 Å². The first-order valence-electron chi connectivity index (χ1n) is 4.81. The molecular weight excluding hydrogens is 176 g/mol. The minimum atomic E-state index is 0.687. The lowest BCUT2D eigenvalue weighted by molar-refractivity contribution is 0.0463. The van der Waals surface area contributed by atoms with E-state index < -0.39 is 0 Å². The van der Waals surface area contributed by atoms with Gasteiger partial charge < -0.3 is 9.82 Å². The molecule has 2 rings (SSSR count). The van der Waals surface area contributed by atoms with Gasteiger partial charge in [-0.3, -0.25) is 0 Å². The summed E-state index contributed by atoms with van der Waals surface area (Å²) in [5.41, 5.74) is 5.30. The summed E-state index contributed by atoms with van der Waals surface area (Å²) in [6.45, 7) is 3.39. The van der Waals surface area contributed by atoms with E-state index in [4.69, 9.17) is 4.84 Å². The van der Waals surface area contributed by atoms with E-state index in [9.17, 15) is 0 Å². The number of fused-ring (bicyclic) bond motifs is 1. The van der Waals surface area contributed by atoms with Gasteiger partial charge in [0.15, 0.2) is 0 Å². The van der Waals surface area contributed by atoms with Gasteiger partial charge in [-0.1, -0.05) is 6.07 Å².